The molecule has 17 heavy (non-hydrogen) atoms. The first-order valence-corrected chi connectivity index (χ1v) is 5.67. The maximum absolute atomic E-state index is 10.7. The Balaban J connectivity index is 2.95. The Hall–Kier alpha value is -1.33. The number of rotatable bonds is 6. The Labute approximate surface area is 105 Å². The van der Waals surface area contributed by atoms with Gasteiger partial charge in [-0.15, -0.1) is 11.6 Å². The SMILES string of the molecule is COCCN(C)c1ccc([N+](=O)[O-])cc1CCl. The molecule has 0 fully saturated rings. The van der Waals surface area contributed by atoms with Gasteiger partial charge in [-0.25, -0.2) is 0 Å². The lowest BCUT2D eigenvalue weighted by molar-refractivity contribution is -0.384. The topological polar surface area (TPSA) is 55.6 Å². The van der Waals surface area contributed by atoms with E-state index in [1.54, 1.807) is 13.2 Å². The molecule has 0 saturated heterocycles. The van der Waals surface area contributed by atoms with Crippen molar-refractivity contribution < 1.29 is 9.66 Å². The van der Waals surface area contributed by atoms with E-state index in [0.29, 0.717) is 13.2 Å². The molecule has 0 N–H and O–H groups in total. The molecule has 1 aromatic rings. The van der Waals surface area contributed by atoms with Crippen LogP contribution in [0.25, 0.3) is 0 Å². The molecule has 1 aromatic carbocycles. The minimum atomic E-state index is -0.422. The number of halogens is 1. The largest absolute Gasteiger partial charge is 0.383 e. The Morgan fingerprint density at radius 1 is 1.53 bits per heavy atom. The Kier molecular flexibility index (Phi) is 5.18. The first-order valence-electron chi connectivity index (χ1n) is 5.13. The highest BCUT2D eigenvalue weighted by atomic mass is 35.5. The summed E-state index contributed by atoms with van der Waals surface area (Å²) >= 11 is 5.81. The summed E-state index contributed by atoms with van der Waals surface area (Å²) in [6, 6.07) is 4.70. The van der Waals surface area contributed by atoms with Crippen molar-refractivity contribution in [2.45, 2.75) is 5.88 Å². The lowest BCUT2D eigenvalue weighted by atomic mass is 10.1. The van der Waals surface area contributed by atoms with Crippen molar-refractivity contribution in [3.63, 3.8) is 0 Å². The van der Waals surface area contributed by atoms with Crippen LogP contribution in [0.3, 0.4) is 0 Å². The van der Waals surface area contributed by atoms with Crippen LogP contribution in [0, 0.1) is 10.1 Å². The molecule has 0 atom stereocenters. The van der Waals surface area contributed by atoms with Crippen LogP contribution in [0.2, 0.25) is 0 Å². The van der Waals surface area contributed by atoms with Crippen LogP contribution in [0.4, 0.5) is 11.4 Å². The first-order chi connectivity index (χ1) is 8.10. The van der Waals surface area contributed by atoms with E-state index in [1.165, 1.54) is 12.1 Å². The average molecular weight is 259 g/mol. The predicted octanol–water partition coefficient (Wildman–Crippen LogP) is 2.42. The molecule has 0 aliphatic rings. The fraction of sp³-hybridized carbons (Fsp3) is 0.455. The van der Waals surface area contributed by atoms with Gasteiger partial charge in [0.2, 0.25) is 0 Å². The number of nitro groups is 1. The number of alkyl halides is 1. The Morgan fingerprint density at radius 2 is 2.24 bits per heavy atom. The van der Waals surface area contributed by atoms with E-state index in [2.05, 4.69) is 0 Å². The zero-order chi connectivity index (χ0) is 12.8. The van der Waals surface area contributed by atoms with Crippen molar-refractivity contribution in [3.8, 4) is 0 Å². The van der Waals surface area contributed by atoms with Gasteiger partial charge in [0.1, 0.15) is 0 Å². The van der Waals surface area contributed by atoms with E-state index in [-0.39, 0.29) is 11.6 Å². The number of anilines is 1. The molecule has 5 nitrogen and oxygen atoms in total. The van der Waals surface area contributed by atoms with Crippen LogP contribution < -0.4 is 4.90 Å². The Bertz CT molecular complexity index is 398. The van der Waals surface area contributed by atoms with Gasteiger partial charge in [0, 0.05) is 44.4 Å². The molecule has 94 valence electrons. The third-order valence-corrected chi connectivity index (χ3v) is 2.75. The van der Waals surface area contributed by atoms with Crippen molar-refractivity contribution in [2.24, 2.45) is 0 Å². The number of ether oxygens (including phenoxy) is 1. The van der Waals surface area contributed by atoms with E-state index < -0.39 is 4.92 Å². The number of nitro benzene ring substituents is 1. The molecule has 0 aromatic heterocycles. The maximum atomic E-state index is 10.7. The first kappa shape index (κ1) is 13.7. The third-order valence-electron chi connectivity index (χ3n) is 2.46. The molecule has 0 amide bonds. The summed E-state index contributed by atoms with van der Waals surface area (Å²) in [4.78, 5) is 12.2. The molecular formula is C11H15ClN2O3. The molecule has 0 aliphatic carbocycles. The van der Waals surface area contributed by atoms with Gasteiger partial charge in [-0.1, -0.05) is 0 Å². The normalized spacial score (nSPS) is 10.3. The highest BCUT2D eigenvalue weighted by molar-refractivity contribution is 6.17. The average Bonchev–Trinajstić information content (AvgIpc) is 2.34. The van der Waals surface area contributed by atoms with Gasteiger partial charge < -0.3 is 9.64 Å². The minimum Gasteiger partial charge on any atom is -0.383 e. The van der Waals surface area contributed by atoms with E-state index in [4.69, 9.17) is 16.3 Å². The van der Waals surface area contributed by atoms with E-state index >= 15 is 0 Å². The van der Waals surface area contributed by atoms with Crippen LogP contribution in [0.1, 0.15) is 5.56 Å². The van der Waals surface area contributed by atoms with Gasteiger partial charge in [0.05, 0.1) is 11.5 Å². The number of likely N-dealkylation sites (N-methyl/N-ethyl adjacent to an activating group) is 1. The molecule has 0 bridgehead atoms. The van der Waals surface area contributed by atoms with E-state index in [1.807, 2.05) is 11.9 Å². The zero-order valence-electron chi connectivity index (χ0n) is 9.85. The van der Waals surface area contributed by atoms with Gasteiger partial charge in [-0.3, -0.25) is 10.1 Å². The number of non-ortho nitro benzene ring substituents is 1. The van der Waals surface area contributed by atoms with E-state index in [0.717, 1.165) is 11.3 Å². The molecule has 0 heterocycles. The molecule has 0 aliphatic heterocycles. The zero-order valence-corrected chi connectivity index (χ0v) is 10.6. The molecule has 6 heteroatoms. The summed E-state index contributed by atoms with van der Waals surface area (Å²) in [6.45, 7) is 1.30. The van der Waals surface area contributed by atoms with Crippen LogP contribution in [-0.4, -0.2) is 32.2 Å². The van der Waals surface area contributed by atoms with Crippen molar-refractivity contribution >= 4 is 23.0 Å². The van der Waals surface area contributed by atoms with Crippen LogP contribution in [0.5, 0.6) is 0 Å². The minimum absolute atomic E-state index is 0.0598. The number of hydrogen-bond donors (Lipinski definition) is 0. The quantitative estimate of drug-likeness (QED) is 0.447. The molecular weight excluding hydrogens is 244 g/mol. The summed E-state index contributed by atoms with van der Waals surface area (Å²) in [6.07, 6.45) is 0. The van der Waals surface area contributed by atoms with Crippen LogP contribution >= 0.6 is 11.6 Å². The summed E-state index contributed by atoms with van der Waals surface area (Å²) in [5.74, 6) is 0.244. The fourth-order valence-electron chi connectivity index (χ4n) is 1.51. The van der Waals surface area contributed by atoms with Gasteiger partial charge in [-0.2, -0.15) is 0 Å². The highest BCUT2D eigenvalue weighted by Gasteiger charge is 2.12. The second-order valence-electron chi connectivity index (χ2n) is 3.62. The smallest absolute Gasteiger partial charge is 0.269 e. The standard InChI is InChI=1S/C11H15ClN2O3/c1-13(5-6-17-2)11-4-3-10(14(15)16)7-9(11)8-12/h3-4,7H,5-6,8H2,1-2H3. The molecule has 1 rings (SSSR count). The summed E-state index contributed by atoms with van der Waals surface area (Å²) in [5.41, 5.74) is 1.70. The van der Waals surface area contributed by atoms with Crippen molar-refractivity contribution in [2.75, 3.05) is 32.2 Å². The monoisotopic (exact) mass is 258 g/mol. The summed E-state index contributed by atoms with van der Waals surface area (Å²) < 4.78 is 4.99. The lowest BCUT2D eigenvalue weighted by Gasteiger charge is -2.21. The number of methoxy groups -OCH3 is 1. The summed E-state index contributed by atoms with van der Waals surface area (Å²) in [5, 5.41) is 10.7. The molecule has 0 unspecified atom stereocenters. The molecule has 0 radical (unpaired) electrons. The van der Waals surface area contributed by atoms with Gasteiger partial charge in [-0.05, 0) is 11.6 Å². The fourth-order valence-corrected chi connectivity index (χ4v) is 1.73. The number of nitrogens with zero attached hydrogens (tertiary/aromatic N) is 2. The highest BCUT2D eigenvalue weighted by Crippen LogP contribution is 2.26. The maximum Gasteiger partial charge on any atom is 0.269 e. The van der Waals surface area contributed by atoms with Gasteiger partial charge in [0.25, 0.3) is 5.69 Å². The Morgan fingerprint density at radius 3 is 2.76 bits per heavy atom. The molecule has 0 saturated carbocycles. The molecule has 0 spiro atoms. The third kappa shape index (κ3) is 3.57. The van der Waals surface area contributed by atoms with E-state index in [9.17, 15) is 10.1 Å². The second-order valence-corrected chi connectivity index (χ2v) is 3.89. The van der Waals surface area contributed by atoms with Crippen molar-refractivity contribution in [3.05, 3.63) is 33.9 Å². The van der Waals surface area contributed by atoms with Crippen LogP contribution in [0.15, 0.2) is 18.2 Å². The second kappa shape index (κ2) is 6.42. The van der Waals surface area contributed by atoms with Crippen molar-refractivity contribution in [1.82, 2.24) is 0 Å². The van der Waals surface area contributed by atoms with Gasteiger partial charge >= 0.3 is 0 Å². The number of hydrogen-bond acceptors (Lipinski definition) is 4. The van der Waals surface area contributed by atoms with Crippen molar-refractivity contribution in [1.29, 1.82) is 0 Å². The van der Waals surface area contributed by atoms with Gasteiger partial charge in [0.15, 0.2) is 0 Å². The number of benzene rings is 1. The summed E-state index contributed by atoms with van der Waals surface area (Å²) in [7, 11) is 3.53. The lowest BCUT2D eigenvalue weighted by Crippen LogP contribution is -2.23. The van der Waals surface area contributed by atoms with Crippen LogP contribution in [-0.2, 0) is 10.6 Å². The predicted molar refractivity (Wildman–Crippen MR) is 67.8 cm³/mol.